The molecule has 1 amide bonds. The lowest BCUT2D eigenvalue weighted by molar-refractivity contribution is -0.143. The van der Waals surface area contributed by atoms with Gasteiger partial charge in [0.15, 0.2) is 23.9 Å². The second-order valence-electron chi connectivity index (χ2n) is 9.48. The minimum Gasteiger partial charge on any atom is -0.462 e. The first kappa shape index (κ1) is 27.4. The summed E-state index contributed by atoms with van der Waals surface area (Å²) in [5.74, 6) is -0.617. The van der Waals surface area contributed by atoms with E-state index in [0.717, 1.165) is 23.3 Å². The highest BCUT2D eigenvalue weighted by Gasteiger charge is 2.31. The Kier molecular flexibility index (Phi) is 8.45. The Bertz CT molecular complexity index is 1430. The molecule has 0 spiro atoms. The highest BCUT2D eigenvalue weighted by molar-refractivity contribution is 7.17. The van der Waals surface area contributed by atoms with Gasteiger partial charge < -0.3 is 24.3 Å². The molecule has 1 unspecified atom stereocenters. The number of nitrogens with one attached hydrogen (secondary N) is 1. The molecule has 2 aliphatic rings. The molecule has 0 fully saturated rings. The molecule has 9 nitrogen and oxygen atoms in total. The Morgan fingerprint density at radius 3 is 2.60 bits per heavy atom. The van der Waals surface area contributed by atoms with Crippen molar-refractivity contribution in [1.82, 2.24) is 0 Å². The van der Waals surface area contributed by atoms with Crippen molar-refractivity contribution >= 4 is 40.0 Å². The lowest BCUT2D eigenvalue weighted by atomic mass is 9.83. The zero-order valence-electron chi connectivity index (χ0n) is 22.0. The predicted octanol–water partition coefficient (Wildman–Crippen LogP) is 5.07. The fourth-order valence-electron chi connectivity index (χ4n) is 4.88. The molecule has 0 radical (unpaired) electrons. The molecule has 1 aliphatic carbocycles. The van der Waals surface area contributed by atoms with Crippen LogP contribution in [0.2, 0.25) is 0 Å². The Balaban J connectivity index is 1.17. The smallest absolute Gasteiger partial charge is 0.341 e. The quantitative estimate of drug-likeness (QED) is 0.268. The number of thiophene rings is 1. The number of esters is 2. The summed E-state index contributed by atoms with van der Waals surface area (Å²) in [6.07, 6.45) is 2.00. The molecule has 1 atom stereocenters. The number of rotatable bonds is 10. The van der Waals surface area contributed by atoms with Crippen molar-refractivity contribution in [3.05, 3.63) is 75.7 Å². The van der Waals surface area contributed by atoms with Crippen molar-refractivity contribution in [2.45, 2.75) is 44.9 Å². The van der Waals surface area contributed by atoms with Gasteiger partial charge >= 0.3 is 11.9 Å². The fraction of sp³-hybridized carbons (Fsp3) is 0.333. The minimum absolute atomic E-state index is 0.0909. The lowest BCUT2D eigenvalue weighted by Gasteiger charge is -2.23. The third-order valence-electron chi connectivity index (χ3n) is 6.88. The van der Waals surface area contributed by atoms with Crippen LogP contribution in [0.15, 0.2) is 48.5 Å². The summed E-state index contributed by atoms with van der Waals surface area (Å²) in [7, 11) is 0. The summed E-state index contributed by atoms with van der Waals surface area (Å²) in [5.41, 5.74) is 2.91. The van der Waals surface area contributed by atoms with Crippen LogP contribution < -0.4 is 14.8 Å². The molecule has 1 aromatic heterocycles. The van der Waals surface area contributed by atoms with Gasteiger partial charge in [0, 0.05) is 16.9 Å². The Morgan fingerprint density at radius 1 is 1.00 bits per heavy atom. The van der Waals surface area contributed by atoms with Crippen molar-refractivity contribution in [2.24, 2.45) is 0 Å². The van der Waals surface area contributed by atoms with Crippen LogP contribution in [0.4, 0.5) is 5.00 Å². The minimum atomic E-state index is -0.675. The first-order valence-corrected chi connectivity index (χ1v) is 14.0. The van der Waals surface area contributed by atoms with Crippen LogP contribution in [0.5, 0.6) is 11.5 Å². The topological polar surface area (TPSA) is 117 Å². The largest absolute Gasteiger partial charge is 0.462 e. The summed E-state index contributed by atoms with van der Waals surface area (Å²) < 4.78 is 20.9. The van der Waals surface area contributed by atoms with Crippen LogP contribution in [-0.2, 0) is 31.9 Å². The first-order valence-electron chi connectivity index (χ1n) is 13.2. The Labute approximate surface area is 235 Å². The van der Waals surface area contributed by atoms with Gasteiger partial charge in [0.05, 0.1) is 18.6 Å². The number of Topliss-reactive ketones (excluding diaryl/α,β-unsaturated/α-hetero) is 1. The molecule has 3 aromatic rings. The van der Waals surface area contributed by atoms with Gasteiger partial charge in [-0.2, -0.15) is 0 Å². The van der Waals surface area contributed by atoms with Crippen molar-refractivity contribution in [3.63, 3.8) is 0 Å². The van der Waals surface area contributed by atoms with E-state index in [1.165, 1.54) is 23.0 Å². The second kappa shape index (κ2) is 12.3. The fourth-order valence-corrected chi connectivity index (χ4v) is 6.21. The van der Waals surface area contributed by atoms with Crippen LogP contribution in [0.3, 0.4) is 0 Å². The maximum absolute atomic E-state index is 12.8. The third kappa shape index (κ3) is 6.17. The van der Waals surface area contributed by atoms with Gasteiger partial charge in [-0.3, -0.25) is 14.4 Å². The van der Waals surface area contributed by atoms with Crippen LogP contribution in [0.25, 0.3) is 0 Å². The van der Waals surface area contributed by atoms with Gasteiger partial charge in [-0.25, -0.2) is 4.79 Å². The maximum atomic E-state index is 12.8. The highest BCUT2D eigenvalue weighted by Crippen LogP contribution is 2.43. The molecule has 40 heavy (non-hydrogen) atoms. The third-order valence-corrected chi connectivity index (χ3v) is 8.05. The van der Waals surface area contributed by atoms with Crippen LogP contribution >= 0.6 is 11.3 Å². The number of ether oxygens (including phenoxy) is 4. The molecule has 0 saturated heterocycles. The van der Waals surface area contributed by atoms with Gasteiger partial charge in [0.25, 0.3) is 0 Å². The number of carbonyl (C=O) groups is 4. The number of benzene rings is 2. The van der Waals surface area contributed by atoms with Gasteiger partial charge in [-0.05, 0) is 61.4 Å². The van der Waals surface area contributed by atoms with E-state index in [9.17, 15) is 19.2 Å². The van der Waals surface area contributed by atoms with Crippen molar-refractivity contribution in [1.29, 1.82) is 0 Å². The molecule has 1 aliphatic heterocycles. The molecule has 0 bridgehead atoms. The summed E-state index contributed by atoms with van der Waals surface area (Å²) in [6.45, 7) is 1.60. The number of hydrogen-bond acceptors (Lipinski definition) is 9. The van der Waals surface area contributed by atoms with Gasteiger partial charge in [-0.1, -0.05) is 30.3 Å². The van der Waals surface area contributed by atoms with E-state index < -0.39 is 30.2 Å². The summed E-state index contributed by atoms with van der Waals surface area (Å²) in [5, 5.41) is 3.25. The number of fused-ring (bicyclic) bond motifs is 2. The van der Waals surface area contributed by atoms with Gasteiger partial charge in [0.1, 0.15) is 5.00 Å². The van der Waals surface area contributed by atoms with E-state index in [1.807, 2.05) is 18.2 Å². The Morgan fingerprint density at radius 2 is 1.80 bits per heavy atom. The summed E-state index contributed by atoms with van der Waals surface area (Å²) >= 11 is 1.38. The van der Waals surface area contributed by atoms with E-state index in [2.05, 4.69) is 17.4 Å². The first-order chi connectivity index (χ1) is 19.4. The van der Waals surface area contributed by atoms with Crippen molar-refractivity contribution in [2.75, 3.05) is 25.3 Å². The van der Waals surface area contributed by atoms with E-state index in [0.29, 0.717) is 40.0 Å². The van der Waals surface area contributed by atoms with E-state index >= 15 is 0 Å². The highest BCUT2D eigenvalue weighted by atomic mass is 32.1. The monoisotopic (exact) mass is 563 g/mol. The average molecular weight is 564 g/mol. The maximum Gasteiger partial charge on any atom is 0.341 e. The molecule has 208 valence electrons. The summed E-state index contributed by atoms with van der Waals surface area (Å²) in [6, 6.07) is 15.0. The normalized spacial score (nSPS) is 15.2. The molecule has 5 rings (SSSR count). The SMILES string of the molecule is CCOC(=O)c1c(NC(=O)CCC(=O)OCC(=O)c2ccc3c(c2)OCO3)sc2c1CCC(c1ccccc1)C2. The Hall–Kier alpha value is -4.18. The van der Waals surface area contributed by atoms with Gasteiger partial charge in [0.2, 0.25) is 12.7 Å². The molecule has 0 saturated carbocycles. The van der Waals surface area contributed by atoms with Crippen molar-refractivity contribution in [3.8, 4) is 11.5 Å². The number of ketones is 1. The predicted molar refractivity (Wildman–Crippen MR) is 147 cm³/mol. The standard InChI is InChI=1S/C30H29NO8S/c1-2-36-30(35)28-21-10-8-19(18-6-4-3-5-7-18)15-25(21)40-29(28)31-26(33)12-13-27(34)37-16-22(32)20-9-11-23-24(14-20)39-17-38-23/h3-7,9,11,14,19H,2,8,10,12-13,15-17H2,1H3,(H,31,33). The van der Waals surface area contributed by atoms with Crippen LogP contribution in [0.1, 0.15) is 68.8 Å². The van der Waals surface area contributed by atoms with Gasteiger partial charge in [-0.15, -0.1) is 11.3 Å². The average Bonchev–Trinajstić information content (AvgIpc) is 3.58. The summed E-state index contributed by atoms with van der Waals surface area (Å²) in [4.78, 5) is 51.3. The second-order valence-corrected chi connectivity index (χ2v) is 10.6. The van der Waals surface area contributed by atoms with Crippen LogP contribution in [0, 0.1) is 0 Å². The molecule has 2 heterocycles. The van der Waals surface area contributed by atoms with E-state index in [-0.39, 0.29) is 26.2 Å². The number of carbonyl (C=O) groups excluding carboxylic acids is 4. The number of hydrogen-bond donors (Lipinski definition) is 1. The number of amides is 1. The molecular formula is C30H29NO8S. The molecule has 1 N–H and O–H groups in total. The van der Waals surface area contributed by atoms with E-state index in [1.54, 1.807) is 19.1 Å². The number of anilines is 1. The van der Waals surface area contributed by atoms with Crippen LogP contribution in [-0.4, -0.2) is 43.6 Å². The lowest BCUT2D eigenvalue weighted by Crippen LogP contribution is -2.19. The van der Waals surface area contributed by atoms with E-state index in [4.69, 9.17) is 18.9 Å². The molecular weight excluding hydrogens is 534 g/mol. The molecule has 2 aromatic carbocycles. The zero-order valence-corrected chi connectivity index (χ0v) is 22.8. The van der Waals surface area contributed by atoms with Crippen molar-refractivity contribution < 1.29 is 38.1 Å². The zero-order chi connectivity index (χ0) is 28.1. The molecule has 10 heteroatoms.